The molecule has 3 rings (SSSR count). The second-order valence-corrected chi connectivity index (χ2v) is 6.89. The van der Waals surface area contributed by atoms with Crippen molar-refractivity contribution in [3.63, 3.8) is 0 Å². The minimum absolute atomic E-state index is 0.113. The van der Waals surface area contributed by atoms with Crippen LogP contribution in [-0.4, -0.2) is 33.8 Å². The van der Waals surface area contributed by atoms with Gasteiger partial charge in [0.05, 0.1) is 6.10 Å². The monoisotopic (exact) mass is 361 g/mol. The van der Waals surface area contributed by atoms with Gasteiger partial charge in [0.15, 0.2) is 0 Å². The molecule has 2 heterocycles. The molecule has 1 aliphatic rings. The fraction of sp³-hybridized carbons (Fsp3) is 0.400. The van der Waals surface area contributed by atoms with Gasteiger partial charge in [-0.15, -0.1) is 0 Å². The second kappa shape index (κ2) is 9.09. The Bertz CT molecular complexity index is 686. The third-order valence-corrected chi connectivity index (χ3v) is 4.98. The molecule has 0 unspecified atom stereocenters. The van der Waals surface area contributed by atoms with Crippen LogP contribution >= 0.6 is 11.6 Å². The highest BCUT2D eigenvalue weighted by Gasteiger charge is 2.19. The maximum atomic E-state index is 9.63. The topological polar surface area (TPSA) is 54.4 Å². The number of hydrogen-bond acceptors (Lipinski definition) is 3. The van der Waals surface area contributed by atoms with Crippen LogP contribution in [0.25, 0.3) is 5.69 Å². The van der Waals surface area contributed by atoms with E-state index < -0.39 is 0 Å². The van der Waals surface area contributed by atoms with Crippen molar-refractivity contribution in [2.24, 2.45) is 5.73 Å². The molecule has 0 atom stereocenters. The maximum absolute atomic E-state index is 9.63. The van der Waals surface area contributed by atoms with E-state index in [4.69, 9.17) is 11.6 Å². The Morgan fingerprint density at radius 2 is 1.80 bits per heavy atom. The highest BCUT2D eigenvalue weighted by atomic mass is 35.5. The van der Waals surface area contributed by atoms with Crippen LogP contribution < -0.4 is 5.73 Å². The molecule has 3 N–H and O–H groups in total. The number of piperidine rings is 1. The van der Waals surface area contributed by atoms with Crippen molar-refractivity contribution >= 4 is 11.6 Å². The Balaban J connectivity index is 0.000000701. The number of nitrogens with zero attached hydrogens (tertiary/aromatic N) is 2. The summed E-state index contributed by atoms with van der Waals surface area (Å²) in [5, 5.41) is 10.4. The van der Waals surface area contributed by atoms with Crippen LogP contribution in [0.2, 0.25) is 5.02 Å². The van der Waals surface area contributed by atoms with Gasteiger partial charge in [-0.3, -0.25) is 4.90 Å². The predicted molar refractivity (Wildman–Crippen MR) is 105 cm³/mol. The number of halogens is 1. The second-order valence-electron chi connectivity index (χ2n) is 6.45. The lowest BCUT2D eigenvalue weighted by atomic mass is 10.1. The zero-order valence-electron chi connectivity index (χ0n) is 15.1. The third-order valence-electron chi connectivity index (χ3n) is 4.73. The molecule has 1 aliphatic heterocycles. The summed E-state index contributed by atoms with van der Waals surface area (Å²) in [6, 6.07) is 7.96. The summed E-state index contributed by atoms with van der Waals surface area (Å²) < 4.78 is 2.24. The van der Waals surface area contributed by atoms with E-state index in [0.717, 1.165) is 43.2 Å². The number of aromatic nitrogens is 1. The van der Waals surface area contributed by atoms with E-state index >= 15 is 0 Å². The molecule has 0 spiro atoms. The fourth-order valence-corrected chi connectivity index (χ4v) is 3.24. The summed E-state index contributed by atoms with van der Waals surface area (Å²) >= 11 is 5.98. The first-order chi connectivity index (χ1) is 12.0. The Morgan fingerprint density at radius 3 is 2.36 bits per heavy atom. The number of rotatable bonds is 3. The summed E-state index contributed by atoms with van der Waals surface area (Å²) in [5.41, 5.74) is 9.74. The third kappa shape index (κ3) is 5.11. The van der Waals surface area contributed by atoms with Crippen LogP contribution in [-0.2, 0) is 6.54 Å². The van der Waals surface area contributed by atoms with Crippen molar-refractivity contribution in [2.45, 2.75) is 39.3 Å². The van der Waals surface area contributed by atoms with Crippen molar-refractivity contribution in [1.29, 1.82) is 0 Å². The van der Waals surface area contributed by atoms with Crippen molar-refractivity contribution in [3.8, 4) is 5.69 Å². The molecule has 0 saturated carbocycles. The van der Waals surface area contributed by atoms with Crippen LogP contribution in [0.5, 0.6) is 0 Å². The van der Waals surface area contributed by atoms with Crippen molar-refractivity contribution in [2.75, 3.05) is 13.1 Å². The number of hydrogen-bond donors (Lipinski definition) is 2. The SMILES string of the molecule is C=CN.Cc1c(CN2CCC(O)CC2)cn(-c2ccc(Cl)cc2)c1C. The minimum atomic E-state index is -0.113. The molecule has 1 saturated heterocycles. The summed E-state index contributed by atoms with van der Waals surface area (Å²) in [5.74, 6) is 0. The number of nitrogens with two attached hydrogens (primary N) is 1. The smallest absolute Gasteiger partial charge is 0.0564 e. The number of aliphatic hydroxyl groups is 1. The summed E-state index contributed by atoms with van der Waals surface area (Å²) in [6.07, 6.45) is 5.14. The van der Waals surface area contributed by atoms with Gasteiger partial charge in [0.1, 0.15) is 0 Å². The normalized spacial score (nSPS) is 15.5. The Hall–Kier alpha value is -1.75. The van der Waals surface area contributed by atoms with Crippen LogP contribution in [0, 0.1) is 13.8 Å². The maximum Gasteiger partial charge on any atom is 0.0564 e. The highest BCUT2D eigenvalue weighted by molar-refractivity contribution is 6.30. The molecular weight excluding hydrogens is 334 g/mol. The molecule has 5 heteroatoms. The molecule has 0 radical (unpaired) electrons. The van der Waals surface area contributed by atoms with Gasteiger partial charge in [0.2, 0.25) is 0 Å². The first-order valence-electron chi connectivity index (χ1n) is 8.62. The fourth-order valence-electron chi connectivity index (χ4n) is 3.11. The Kier molecular flexibility index (Phi) is 7.12. The largest absolute Gasteiger partial charge is 0.405 e. The van der Waals surface area contributed by atoms with Gasteiger partial charge < -0.3 is 15.4 Å². The number of likely N-dealkylation sites (tertiary alicyclic amines) is 1. The number of aliphatic hydroxyl groups excluding tert-OH is 1. The Labute approximate surface area is 155 Å². The molecule has 0 bridgehead atoms. The van der Waals surface area contributed by atoms with E-state index in [9.17, 15) is 5.11 Å². The van der Waals surface area contributed by atoms with Crippen LogP contribution in [0.4, 0.5) is 0 Å². The van der Waals surface area contributed by atoms with Gasteiger partial charge >= 0.3 is 0 Å². The van der Waals surface area contributed by atoms with E-state index in [-0.39, 0.29) is 6.10 Å². The summed E-state index contributed by atoms with van der Waals surface area (Å²) in [6.45, 7) is 10.4. The van der Waals surface area contributed by atoms with Gasteiger partial charge in [-0.05, 0) is 68.3 Å². The molecular formula is C20H28ClN3O. The van der Waals surface area contributed by atoms with E-state index in [0.29, 0.717) is 0 Å². The van der Waals surface area contributed by atoms with Gasteiger partial charge in [-0.1, -0.05) is 18.2 Å². The average molecular weight is 362 g/mol. The summed E-state index contributed by atoms with van der Waals surface area (Å²) in [7, 11) is 0. The zero-order chi connectivity index (χ0) is 18.4. The van der Waals surface area contributed by atoms with Gasteiger partial charge in [-0.25, -0.2) is 0 Å². The lowest BCUT2D eigenvalue weighted by Crippen LogP contribution is -2.35. The van der Waals surface area contributed by atoms with E-state index in [2.05, 4.69) is 54.0 Å². The lowest BCUT2D eigenvalue weighted by molar-refractivity contribution is 0.0792. The van der Waals surface area contributed by atoms with E-state index in [1.807, 2.05) is 12.1 Å². The van der Waals surface area contributed by atoms with Gasteiger partial charge in [0.25, 0.3) is 0 Å². The first-order valence-corrected chi connectivity index (χ1v) is 9.00. The van der Waals surface area contributed by atoms with Crippen LogP contribution in [0.3, 0.4) is 0 Å². The quantitative estimate of drug-likeness (QED) is 0.874. The summed E-state index contributed by atoms with van der Waals surface area (Å²) in [4.78, 5) is 2.43. The predicted octanol–water partition coefficient (Wildman–Crippen LogP) is 3.79. The van der Waals surface area contributed by atoms with Crippen molar-refractivity contribution in [3.05, 3.63) is 65.1 Å². The van der Waals surface area contributed by atoms with E-state index in [1.54, 1.807) is 0 Å². The van der Waals surface area contributed by atoms with Gasteiger partial charge in [-0.2, -0.15) is 0 Å². The molecule has 2 aromatic rings. The van der Waals surface area contributed by atoms with Crippen LogP contribution in [0.1, 0.15) is 29.7 Å². The van der Waals surface area contributed by atoms with Crippen LogP contribution in [0.15, 0.2) is 43.2 Å². The lowest BCUT2D eigenvalue weighted by Gasteiger charge is -2.29. The number of benzene rings is 1. The molecule has 1 fully saturated rings. The molecule has 136 valence electrons. The van der Waals surface area contributed by atoms with Crippen molar-refractivity contribution in [1.82, 2.24) is 9.47 Å². The van der Waals surface area contributed by atoms with Gasteiger partial charge in [0, 0.05) is 42.2 Å². The van der Waals surface area contributed by atoms with E-state index in [1.165, 1.54) is 23.0 Å². The molecule has 25 heavy (non-hydrogen) atoms. The standard InChI is InChI=1S/C18H23ClN2O.C2H5N/c1-13-14(2)21(17-5-3-16(19)4-6-17)12-15(13)11-20-9-7-18(22)8-10-20;1-2-3/h3-6,12,18,22H,7-11H2,1-2H3;2H,1,3H2. The van der Waals surface area contributed by atoms with Crippen molar-refractivity contribution < 1.29 is 5.11 Å². The molecule has 4 nitrogen and oxygen atoms in total. The molecule has 1 aromatic carbocycles. The molecule has 0 aliphatic carbocycles. The first kappa shape index (κ1) is 19.6. The molecule has 1 aromatic heterocycles. The molecule has 0 amide bonds. The zero-order valence-corrected chi connectivity index (χ0v) is 15.8. The average Bonchev–Trinajstić information content (AvgIpc) is 2.87. The minimum Gasteiger partial charge on any atom is -0.405 e. The Morgan fingerprint density at radius 1 is 1.24 bits per heavy atom. The highest BCUT2D eigenvalue weighted by Crippen LogP contribution is 2.24.